The van der Waals surface area contributed by atoms with E-state index in [2.05, 4.69) is 17.1 Å². The van der Waals surface area contributed by atoms with Gasteiger partial charge in [-0.15, -0.1) is 0 Å². The minimum atomic E-state index is 0.377. The maximum atomic E-state index is 12.0. The molecule has 1 aliphatic heterocycles. The highest BCUT2D eigenvalue weighted by Gasteiger charge is 2.22. The standard InChI is InChI=1S/C14H28N2O/c1-3-4-5-6-9-14(17)16-10-7-8-13(12-16)11-15-2/h13,15H,3-12H2,1-2H3. The van der Waals surface area contributed by atoms with Crippen LogP contribution in [0, 0.1) is 5.92 Å². The number of hydrogen-bond donors (Lipinski definition) is 1. The first kappa shape index (κ1) is 14.5. The van der Waals surface area contributed by atoms with Crippen molar-refractivity contribution in [3.63, 3.8) is 0 Å². The van der Waals surface area contributed by atoms with Crippen LogP contribution < -0.4 is 5.32 Å². The van der Waals surface area contributed by atoms with Crippen LogP contribution in [-0.4, -0.2) is 37.5 Å². The summed E-state index contributed by atoms with van der Waals surface area (Å²) in [5, 5.41) is 3.22. The van der Waals surface area contributed by atoms with E-state index in [0.717, 1.165) is 32.5 Å². The molecule has 1 atom stereocenters. The lowest BCUT2D eigenvalue weighted by atomic mass is 9.97. The molecule has 1 heterocycles. The SMILES string of the molecule is CCCCCCC(=O)N1CCCC(CNC)C1. The zero-order valence-corrected chi connectivity index (χ0v) is 11.5. The zero-order valence-electron chi connectivity index (χ0n) is 11.5. The highest BCUT2D eigenvalue weighted by molar-refractivity contribution is 5.76. The van der Waals surface area contributed by atoms with Gasteiger partial charge in [0.2, 0.25) is 5.91 Å². The summed E-state index contributed by atoms with van der Waals surface area (Å²) in [7, 11) is 1.99. The molecule has 1 saturated heterocycles. The number of nitrogens with zero attached hydrogens (tertiary/aromatic N) is 1. The molecule has 100 valence electrons. The maximum Gasteiger partial charge on any atom is 0.222 e. The van der Waals surface area contributed by atoms with Crippen molar-refractivity contribution in [2.75, 3.05) is 26.7 Å². The Morgan fingerprint density at radius 2 is 2.18 bits per heavy atom. The van der Waals surface area contributed by atoms with E-state index >= 15 is 0 Å². The number of amides is 1. The van der Waals surface area contributed by atoms with Gasteiger partial charge in [0, 0.05) is 19.5 Å². The minimum absolute atomic E-state index is 0.377. The van der Waals surface area contributed by atoms with Gasteiger partial charge in [0.05, 0.1) is 0 Å². The summed E-state index contributed by atoms with van der Waals surface area (Å²) in [5.41, 5.74) is 0. The summed E-state index contributed by atoms with van der Waals surface area (Å²) in [6.45, 7) is 5.19. The molecule has 0 aromatic carbocycles. The van der Waals surface area contributed by atoms with E-state index in [9.17, 15) is 4.79 Å². The van der Waals surface area contributed by atoms with E-state index in [4.69, 9.17) is 0 Å². The Kier molecular flexibility index (Phi) is 7.25. The van der Waals surface area contributed by atoms with Gasteiger partial charge in [-0.2, -0.15) is 0 Å². The van der Waals surface area contributed by atoms with Gasteiger partial charge in [-0.1, -0.05) is 26.2 Å². The number of unbranched alkanes of at least 4 members (excludes halogenated alkanes) is 3. The molecule has 3 heteroatoms. The lowest BCUT2D eigenvalue weighted by Crippen LogP contribution is -2.42. The Morgan fingerprint density at radius 1 is 1.35 bits per heavy atom. The van der Waals surface area contributed by atoms with Crippen LogP contribution >= 0.6 is 0 Å². The monoisotopic (exact) mass is 240 g/mol. The van der Waals surface area contributed by atoms with E-state index in [1.807, 2.05) is 7.05 Å². The van der Waals surface area contributed by atoms with Crippen LogP contribution in [0.2, 0.25) is 0 Å². The molecule has 17 heavy (non-hydrogen) atoms. The molecule has 1 fully saturated rings. The van der Waals surface area contributed by atoms with Crippen LogP contribution in [0.4, 0.5) is 0 Å². The first-order valence-electron chi connectivity index (χ1n) is 7.20. The molecule has 1 amide bonds. The third-order valence-corrected chi connectivity index (χ3v) is 3.61. The van der Waals surface area contributed by atoms with Gasteiger partial charge in [-0.05, 0) is 38.8 Å². The first-order valence-corrected chi connectivity index (χ1v) is 7.20. The summed E-state index contributed by atoms with van der Waals surface area (Å²) in [5.74, 6) is 1.04. The average molecular weight is 240 g/mol. The fourth-order valence-electron chi connectivity index (χ4n) is 2.61. The second-order valence-electron chi connectivity index (χ2n) is 5.22. The molecular weight excluding hydrogens is 212 g/mol. The lowest BCUT2D eigenvalue weighted by molar-refractivity contribution is -0.133. The fraction of sp³-hybridized carbons (Fsp3) is 0.929. The molecule has 1 aliphatic rings. The maximum absolute atomic E-state index is 12.0. The number of carbonyl (C=O) groups is 1. The molecule has 0 saturated carbocycles. The zero-order chi connectivity index (χ0) is 12.5. The molecule has 1 unspecified atom stereocenters. The number of likely N-dealkylation sites (tertiary alicyclic amines) is 1. The van der Waals surface area contributed by atoms with Crippen LogP contribution in [0.3, 0.4) is 0 Å². The van der Waals surface area contributed by atoms with Crippen molar-refractivity contribution in [1.29, 1.82) is 0 Å². The predicted octanol–water partition coefficient (Wildman–Crippen LogP) is 2.41. The predicted molar refractivity (Wildman–Crippen MR) is 72.0 cm³/mol. The van der Waals surface area contributed by atoms with Crippen LogP contribution in [0.15, 0.2) is 0 Å². The minimum Gasteiger partial charge on any atom is -0.342 e. The third kappa shape index (κ3) is 5.53. The summed E-state index contributed by atoms with van der Waals surface area (Å²) in [6, 6.07) is 0. The highest BCUT2D eigenvalue weighted by atomic mass is 16.2. The summed E-state index contributed by atoms with van der Waals surface area (Å²) >= 11 is 0. The van der Waals surface area contributed by atoms with Crippen LogP contribution in [0.1, 0.15) is 51.9 Å². The van der Waals surface area contributed by atoms with Gasteiger partial charge in [0.15, 0.2) is 0 Å². The topological polar surface area (TPSA) is 32.3 Å². The van der Waals surface area contributed by atoms with E-state index < -0.39 is 0 Å². The van der Waals surface area contributed by atoms with Gasteiger partial charge < -0.3 is 10.2 Å². The van der Waals surface area contributed by atoms with Crippen molar-refractivity contribution >= 4 is 5.91 Å². The molecule has 0 spiro atoms. The first-order chi connectivity index (χ1) is 8.27. The highest BCUT2D eigenvalue weighted by Crippen LogP contribution is 2.17. The fourth-order valence-corrected chi connectivity index (χ4v) is 2.61. The largest absolute Gasteiger partial charge is 0.342 e. The summed E-state index contributed by atoms with van der Waals surface area (Å²) < 4.78 is 0. The van der Waals surface area contributed by atoms with Crippen molar-refractivity contribution in [2.24, 2.45) is 5.92 Å². The Hall–Kier alpha value is -0.570. The van der Waals surface area contributed by atoms with Crippen molar-refractivity contribution in [3.05, 3.63) is 0 Å². The molecule has 0 aromatic rings. The van der Waals surface area contributed by atoms with Gasteiger partial charge in [-0.25, -0.2) is 0 Å². The molecular formula is C14H28N2O. The molecule has 1 N–H and O–H groups in total. The number of rotatable bonds is 7. The normalized spacial score (nSPS) is 20.6. The smallest absolute Gasteiger partial charge is 0.222 e. The summed E-state index contributed by atoms with van der Waals surface area (Å²) in [4.78, 5) is 14.1. The number of piperidine rings is 1. The molecule has 0 bridgehead atoms. The van der Waals surface area contributed by atoms with Gasteiger partial charge >= 0.3 is 0 Å². The second kappa shape index (κ2) is 8.51. The van der Waals surface area contributed by atoms with Crippen molar-refractivity contribution in [3.8, 4) is 0 Å². The van der Waals surface area contributed by atoms with E-state index in [1.165, 1.54) is 32.1 Å². The van der Waals surface area contributed by atoms with Crippen LogP contribution in [-0.2, 0) is 4.79 Å². The van der Waals surface area contributed by atoms with Gasteiger partial charge in [-0.3, -0.25) is 4.79 Å². The van der Waals surface area contributed by atoms with Crippen LogP contribution in [0.25, 0.3) is 0 Å². The van der Waals surface area contributed by atoms with E-state index in [1.54, 1.807) is 0 Å². The van der Waals surface area contributed by atoms with Crippen LogP contribution in [0.5, 0.6) is 0 Å². The Bertz CT molecular complexity index is 216. The number of carbonyl (C=O) groups excluding carboxylic acids is 1. The van der Waals surface area contributed by atoms with Crippen molar-refractivity contribution in [1.82, 2.24) is 10.2 Å². The summed E-state index contributed by atoms with van der Waals surface area (Å²) in [6.07, 6.45) is 7.97. The molecule has 0 radical (unpaired) electrons. The second-order valence-corrected chi connectivity index (χ2v) is 5.22. The van der Waals surface area contributed by atoms with E-state index in [-0.39, 0.29) is 0 Å². The van der Waals surface area contributed by atoms with Gasteiger partial charge in [0.1, 0.15) is 0 Å². The number of nitrogens with one attached hydrogen (secondary N) is 1. The quantitative estimate of drug-likeness (QED) is 0.693. The molecule has 3 nitrogen and oxygen atoms in total. The molecule has 0 aliphatic carbocycles. The molecule has 0 aromatic heterocycles. The van der Waals surface area contributed by atoms with E-state index in [0.29, 0.717) is 11.8 Å². The Morgan fingerprint density at radius 3 is 2.88 bits per heavy atom. The average Bonchev–Trinajstić information content (AvgIpc) is 2.35. The van der Waals surface area contributed by atoms with Crippen molar-refractivity contribution in [2.45, 2.75) is 51.9 Å². The Balaban J connectivity index is 2.21. The third-order valence-electron chi connectivity index (χ3n) is 3.61. The lowest BCUT2D eigenvalue weighted by Gasteiger charge is -2.32. The van der Waals surface area contributed by atoms with Crippen molar-refractivity contribution < 1.29 is 4.79 Å². The Labute approximate surface area is 106 Å². The van der Waals surface area contributed by atoms with Gasteiger partial charge in [0.25, 0.3) is 0 Å². The number of hydrogen-bond acceptors (Lipinski definition) is 2. The molecule has 1 rings (SSSR count).